The number of amides is 3. The normalized spacial score (nSPS) is 10.3. The van der Waals surface area contributed by atoms with Crippen LogP contribution in [-0.2, 0) is 13.0 Å². The van der Waals surface area contributed by atoms with E-state index in [9.17, 15) is 9.59 Å². The van der Waals surface area contributed by atoms with E-state index < -0.39 is 0 Å². The van der Waals surface area contributed by atoms with Crippen LogP contribution in [-0.4, -0.2) is 22.1 Å². The van der Waals surface area contributed by atoms with Crippen molar-refractivity contribution in [1.29, 1.82) is 0 Å². The molecule has 3 amide bonds. The molecule has 0 saturated carbocycles. The summed E-state index contributed by atoms with van der Waals surface area (Å²) < 4.78 is 0. The number of aryl methyl sites for hydroxylation is 1. The van der Waals surface area contributed by atoms with Gasteiger partial charge in [0.15, 0.2) is 0 Å². The highest BCUT2D eigenvalue weighted by Gasteiger charge is 2.14. The molecule has 0 aliphatic rings. The van der Waals surface area contributed by atoms with Crippen LogP contribution in [0.2, 0.25) is 0 Å². The van der Waals surface area contributed by atoms with E-state index in [1.807, 2.05) is 49.4 Å². The predicted octanol–water partition coefficient (Wildman–Crippen LogP) is 3.67. The van der Waals surface area contributed by atoms with Crippen molar-refractivity contribution in [1.82, 2.24) is 15.5 Å². The molecule has 0 aliphatic carbocycles. The lowest BCUT2D eigenvalue weighted by Gasteiger charge is -2.09. The molecule has 3 N–H and O–H groups in total. The maximum absolute atomic E-state index is 12.2. The molecule has 0 fully saturated rings. The Labute approximate surface area is 160 Å². The summed E-state index contributed by atoms with van der Waals surface area (Å²) in [6, 6.07) is 16.4. The van der Waals surface area contributed by atoms with Gasteiger partial charge in [-0.05, 0) is 30.2 Å². The number of benzene rings is 2. The van der Waals surface area contributed by atoms with Crippen molar-refractivity contribution in [3.05, 3.63) is 70.2 Å². The number of aromatic nitrogens is 2. The molecule has 0 aliphatic heterocycles. The number of urea groups is 1. The first-order valence-electron chi connectivity index (χ1n) is 8.47. The maximum Gasteiger partial charge on any atom is 0.319 e. The topological polar surface area (TPSA) is 96.0 Å². The molecule has 1 heterocycles. The summed E-state index contributed by atoms with van der Waals surface area (Å²) in [5.41, 5.74) is 2.52. The first-order valence-corrected chi connectivity index (χ1v) is 9.29. The number of nitrogens with zero attached hydrogens (tertiary/aromatic N) is 2. The highest BCUT2D eigenvalue weighted by molar-refractivity contribution is 7.13. The molecule has 3 rings (SSSR count). The van der Waals surface area contributed by atoms with E-state index in [4.69, 9.17) is 0 Å². The van der Waals surface area contributed by atoms with Crippen LogP contribution in [0, 0.1) is 0 Å². The second-order valence-electron chi connectivity index (χ2n) is 5.64. The Bertz CT molecular complexity index is 927. The number of carbonyl (C=O) groups is 2. The molecule has 0 bridgehead atoms. The van der Waals surface area contributed by atoms with Gasteiger partial charge in [-0.15, -0.1) is 10.2 Å². The van der Waals surface area contributed by atoms with E-state index in [2.05, 4.69) is 26.1 Å². The van der Waals surface area contributed by atoms with Crippen LogP contribution >= 0.6 is 11.3 Å². The minimum Gasteiger partial charge on any atom is -0.331 e. The zero-order valence-corrected chi connectivity index (χ0v) is 15.5. The number of para-hydroxylation sites is 2. The third kappa shape index (κ3) is 5.11. The van der Waals surface area contributed by atoms with E-state index in [-0.39, 0.29) is 23.5 Å². The van der Waals surface area contributed by atoms with Gasteiger partial charge in [-0.2, -0.15) is 0 Å². The van der Waals surface area contributed by atoms with Crippen molar-refractivity contribution >= 4 is 34.6 Å². The summed E-state index contributed by atoms with van der Waals surface area (Å²) in [5, 5.41) is 16.9. The van der Waals surface area contributed by atoms with Crippen molar-refractivity contribution in [2.24, 2.45) is 0 Å². The van der Waals surface area contributed by atoms with Gasteiger partial charge in [-0.3, -0.25) is 4.79 Å². The lowest BCUT2D eigenvalue weighted by molar-refractivity contribution is 0.102. The third-order valence-corrected chi connectivity index (χ3v) is 4.66. The molecular weight excluding hydrogens is 362 g/mol. The lowest BCUT2D eigenvalue weighted by Crippen LogP contribution is -2.28. The minimum absolute atomic E-state index is 0.191. The fourth-order valence-corrected chi connectivity index (χ4v) is 3.07. The van der Waals surface area contributed by atoms with Crippen LogP contribution in [0.15, 0.2) is 54.6 Å². The third-order valence-electron chi connectivity index (χ3n) is 3.74. The molecule has 8 heteroatoms. The Morgan fingerprint density at radius 1 is 0.963 bits per heavy atom. The molecule has 0 spiro atoms. The molecule has 0 saturated heterocycles. The van der Waals surface area contributed by atoms with Crippen LogP contribution in [0.25, 0.3) is 0 Å². The Kier molecular flexibility index (Phi) is 6.11. The number of nitrogens with one attached hydrogen (secondary N) is 3. The summed E-state index contributed by atoms with van der Waals surface area (Å²) in [4.78, 5) is 24.3. The lowest BCUT2D eigenvalue weighted by atomic mass is 10.1. The minimum atomic E-state index is -0.332. The molecule has 2 aromatic carbocycles. The largest absolute Gasteiger partial charge is 0.331 e. The van der Waals surface area contributed by atoms with Gasteiger partial charge in [-0.25, -0.2) is 4.79 Å². The van der Waals surface area contributed by atoms with Crippen molar-refractivity contribution in [3.8, 4) is 0 Å². The van der Waals surface area contributed by atoms with E-state index >= 15 is 0 Å². The molecule has 27 heavy (non-hydrogen) atoms. The Balaban J connectivity index is 1.53. The maximum atomic E-state index is 12.2. The van der Waals surface area contributed by atoms with Crippen molar-refractivity contribution in [2.45, 2.75) is 19.9 Å². The molecule has 0 radical (unpaired) electrons. The molecule has 0 atom stereocenters. The molecule has 1 aromatic heterocycles. The molecular formula is C19H19N5O2S. The van der Waals surface area contributed by atoms with Gasteiger partial charge in [0.25, 0.3) is 5.91 Å². The van der Waals surface area contributed by atoms with Gasteiger partial charge in [-0.1, -0.05) is 54.7 Å². The SMILES string of the molecule is CCc1ccccc1NC(=O)NCc1nnc(C(=O)Nc2ccccc2)s1. The highest BCUT2D eigenvalue weighted by atomic mass is 32.1. The second kappa shape index (κ2) is 8.91. The van der Waals surface area contributed by atoms with Gasteiger partial charge < -0.3 is 16.0 Å². The summed E-state index contributed by atoms with van der Waals surface area (Å²) in [6.45, 7) is 2.22. The van der Waals surface area contributed by atoms with Crippen molar-refractivity contribution in [3.63, 3.8) is 0 Å². The Morgan fingerprint density at radius 2 is 1.70 bits per heavy atom. The standard InChI is InChI=1S/C19H19N5O2S/c1-2-13-8-6-7-11-15(13)22-19(26)20-12-16-23-24-18(27-16)17(25)21-14-9-4-3-5-10-14/h3-11H,2,12H2,1H3,(H,21,25)(H2,20,22,26). The number of anilines is 2. The molecule has 138 valence electrons. The molecule has 7 nitrogen and oxygen atoms in total. The number of hydrogen-bond acceptors (Lipinski definition) is 5. The average Bonchev–Trinajstić information content (AvgIpc) is 3.17. The fourth-order valence-electron chi connectivity index (χ4n) is 2.40. The number of carbonyl (C=O) groups excluding carboxylic acids is 2. The van der Waals surface area contributed by atoms with Crippen LogP contribution in [0.5, 0.6) is 0 Å². The zero-order valence-electron chi connectivity index (χ0n) is 14.7. The Morgan fingerprint density at radius 3 is 2.48 bits per heavy atom. The first-order chi connectivity index (χ1) is 13.2. The van der Waals surface area contributed by atoms with Gasteiger partial charge >= 0.3 is 6.03 Å². The predicted molar refractivity (Wildman–Crippen MR) is 106 cm³/mol. The van der Waals surface area contributed by atoms with Crippen molar-refractivity contribution < 1.29 is 9.59 Å². The van der Waals surface area contributed by atoms with Crippen LogP contribution < -0.4 is 16.0 Å². The first kappa shape index (κ1) is 18.5. The van der Waals surface area contributed by atoms with Gasteiger partial charge in [0.1, 0.15) is 5.01 Å². The average molecular weight is 381 g/mol. The highest BCUT2D eigenvalue weighted by Crippen LogP contribution is 2.16. The molecule has 3 aromatic rings. The molecule has 0 unspecified atom stereocenters. The summed E-state index contributed by atoms with van der Waals surface area (Å²) in [5.74, 6) is -0.328. The summed E-state index contributed by atoms with van der Waals surface area (Å²) >= 11 is 1.14. The van der Waals surface area contributed by atoms with E-state index in [1.54, 1.807) is 12.1 Å². The second-order valence-corrected chi connectivity index (χ2v) is 6.70. The number of hydrogen-bond donors (Lipinski definition) is 3. The van der Waals surface area contributed by atoms with E-state index in [1.165, 1.54) is 0 Å². The van der Waals surface area contributed by atoms with Crippen LogP contribution in [0.4, 0.5) is 16.2 Å². The van der Waals surface area contributed by atoms with Gasteiger partial charge in [0, 0.05) is 11.4 Å². The van der Waals surface area contributed by atoms with E-state index in [0.29, 0.717) is 10.7 Å². The fraction of sp³-hybridized carbons (Fsp3) is 0.158. The summed E-state index contributed by atoms with van der Waals surface area (Å²) in [6.07, 6.45) is 0.826. The van der Waals surface area contributed by atoms with Gasteiger partial charge in [0.2, 0.25) is 5.01 Å². The smallest absolute Gasteiger partial charge is 0.319 e. The zero-order chi connectivity index (χ0) is 19.1. The monoisotopic (exact) mass is 381 g/mol. The van der Waals surface area contributed by atoms with E-state index in [0.717, 1.165) is 29.0 Å². The van der Waals surface area contributed by atoms with Gasteiger partial charge in [0.05, 0.1) is 6.54 Å². The Hall–Kier alpha value is -3.26. The number of rotatable bonds is 6. The summed E-state index contributed by atoms with van der Waals surface area (Å²) in [7, 11) is 0. The quantitative estimate of drug-likeness (QED) is 0.607. The van der Waals surface area contributed by atoms with Crippen molar-refractivity contribution in [2.75, 3.05) is 10.6 Å². The van der Waals surface area contributed by atoms with Crippen LogP contribution in [0.3, 0.4) is 0 Å². The van der Waals surface area contributed by atoms with Crippen LogP contribution in [0.1, 0.15) is 27.3 Å².